The summed E-state index contributed by atoms with van der Waals surface area (Å²) in [5.41, 5.74) is 0.531. The predicted octanol–water partition coefficient (Wildman–Crippen LogP) is 3.52. The zero-order valence-corrected chi connectivity index (χ0v) is 13.6. The normalized spacial score (nSPS) is 19.9. The second-order valence-corrected chi connectivity index (χ2v) is 7.39. The first-order chi connectivity index (χ1) is 9.63. The molecule has 106 valence electrons. The van der Waals surface area contributed by atoms with Crippen LogP contribution in [0.2, 0.25) is 10.0 Å². The summed E-state index contributed by atoms with van der Waals surface area (Å²) in [5, 5.41) is 12.6. The molecule has 0 unspecified atom stereocenters. The Hall–Kier alpha value is -0.540. The summed E-state index contributed by atoms with van der Waals surface area (Å²) in [6.07, 6.45) is 0. The van der Waals surface area contributed by atoms with Gasteiger partial charge in [-0.05, 0) is 6.07 Å². The topological polar surface area (TPSA) is 52.9 Å². The van der Waals surface area contributed by atoms with Crippen molar-refractivity contribution in [3.63, 3.8) is 0 Å². The molecule has 0 bridgehead atoms. The van der Waals surface area contributed by atoms with Gasteiger partial charge in [0.2, 0.25) is 5.91 Å². The van der Waals surface area contributed by atoms with E-state index in [-0.39, 0.29) is 11.2 Å². The zero-order chi connectivity index (χ0) is 14.5. The van der Waals surface area contributed by atoms with Crippen LogP contribution in [0.3, 0.4) is 0 Å². The third kappa shape index (κ3) is 3.76. The van der Waals surface area contributed by atoms with Gasteiger partial charge >= 0.3 is 0 Å². The molecule has 0 saturated carbocycles. The average molecular weight is 347 g/mol. The van der Waals surface area contributed by atoms with Gasteiger partial charge in [0.1, 0.15) is 6.04 Å². The van der Waals surface area contributed by atoms with Crippen LogP contribution < -0.4 is 5.32 Å². The standard InChI is InChI=1S/C13H12Cl2N2OS2/c14-9-3-1-2-8(12(9)15)10(6-16)17-13(18)11-7-19-4-5-20-11/h1-3,10-11H,4-5,7H2,(H,17,18)/t10-,11+/m0/s1. The molecule has 1 fully saturated rings. The molecule has 1 N–H and O–H groups in total. The van der Waals surface area contributed by atoms with Crippen molar-refractivity contribution in [3.8, 4) is 6.07 Å². The molecule has 0 aromatic heterocycles. The number of hydrogen-bond donors (Lipinski definition) is 1. The highest BCUT2D eigenvalue weighted by molar-refractivity contribution is 8.07. The Morgan fingerprint density at radius 3 is 2.90 bits per heavy atom. The number of carbonyl (C=O) groups is 1. The van der Waals surface area contributed by atoms with Crippen molar-refractivity contribution in [2.75, 3.05) is 17.3 Å². The first-order valence-electron chi connectivity index (χ1n) is 5.96. The lowest BCUT2D eigenvalue weighted by atomic mass is 10.1. The first-order valence-corrected chi connectivity index (χ1v) is 8.92. The largest absolute Gasteiger partial charge is 0.336 e. The zero-order valence-electron chi connectivity index (χ0n) is 10.4. The van der Waals surface area contributed by atoms with E-state index in [4.69, 9.17) is 23.2 Å². The fourth-order valence-corrected chi connectivity index (χ4v) is 4.78. The quantitative estimate of drug-likeness (QED) is 0.909. The SMILES string of the molecule is N#C[C@H](NC(=O)[C@H]1CSCCS1)c1cccc(Cl)c1Cl. The van der Waals surface area contributed by atoms with Gasteiger partial charge in [-0.15, -0.1) is 11.8 Å². The van der Waals surface area contributed by atoms with E-state index in [2.05, 4.69) is 11.4 Å². The number of carbonyl (C=O) groups excluding carboxylic acids is 1. The molecular formula is C13H12Cl2N2OS2. The molecule has 2 atom stereocenters. The van der Waals surface area contributed by atoms with Crippen LogP contribution >= 0.6 is 46.7 Å². The highest BCUT2D eigenvalue weighted by Gasteiger charge is 2.26. The van der Waals surface area contributed by atoms with Crippen molar-refractivity contribution in [1.82, 2.24) is 5.32 Å². The van der Waals surface area contributed by atoms with E-state index in [1.165, 1.54) is 0 Å². The minimum atomic E-state index is -0.777. The Kier molecular flexibility index (Phi) is 5.91. The number of hydrogen-bond acceptors (Lipinski definition) is 4. The second-order valence-electron chi connectivity index (χ2n) is 4.15. The van der Waals surface area contributed by atoms with E-state index in [0.717, 1.165) is 17.3 Å². The van der Waals surface area contributed by atoms with Crippen molar-refractivity contribution in [2.45, 2.75) is 11.3 Å². The van der Waals surface area contributed by atoms with E-state index in [1.807, 2.05) is 0 Å². The van der Waals surface area contributed by atoms with Gasteiger partial charge in [-0.25, -0.2) is 0 Å². The molecule has 1 saturated heterocycles. The Morgan fingerprint density at radius 2 is 2.25 bits per heavy atom. The maximum atomic E-state index is 12.2. The van der Waals surface area contributed by atoms with Gasteiger partial charge in [0.25, 0.3) is 0 Å². The van der Waals surface area contributed by atoms with E-state index in [9.17, 15) is 10.1 Å². The second kappa shape index (κ2) is 7.46. The molecular weight excluding hydrogens is 335 g/mol. The molecule has 1 aromatic rings. The van der Waals surface area contributed by atoms with Crippen LogP contribution in [0, 0.1) is 11.3 Å². The van der Waals surface area contributed by atoms with Crippen LogP contribution in [0.4, 0.5) is 0 Å². The summed E-state index contributed by atoms with van der Waals surface area (Å²) in [4.78, 5) is 12.2. The maximum Gasteiger partial charge on any atom is 0.235 e. The number of amides is 1. The Bertz CT molecular complexity index is 542. The lowest BCUT2D eigenvalue weighted by Crippen LogP contribution is -2.38. The van der Waals surface area contributed by atoms with Crippen LogP contribution in [0.25, 0.3) is 0 Å². The van der Waals surface area contributed by atoms with E-state index in [0.29, 0.717) is 15.6 Å². The molecule has 0 radical (unpaired) electrons. The number of nitrogens with zero attached hydrogens (tertiary/aromatic N) is 1. The highest BCUT2D eigenvalue weighted by Crippen LogP contribution is 2.30. The number of halogens is 2. The number of nitrogens with one attached hydrogen (secondary N) is 1. The predicted molar refractivity (Wildman–Crippen MR) is 86.5 cm³/mol. The molecule has 0 spiro atoms. The third-order valence-electron chi connectivity index (χ3n) is 2.82. The summed E-state index contributed by atoms with van der Waals surface area (Å²) in [7, 11) is 0. The summed E-state index contributed by atoms with van der Waals surface area (Å²) in [5.74, 6) is 2.68. The van der Waals surface area contributed by atoms with Gasteiger partial charge in [0.05, 0.1) is 21.4 Å². The van der Waals surface area contributed by atoms with Crippen LogP contribution in [0.1, 0.15) is 11.6 Å². The van der Waals surface area contributed by atoms with E-state index >= 15 is 0 Å². The molecule has 1 heterocycles. The van der Waals surface area contributed by atoms with Crippen LogP contribution in [0.15, 0.2) is 18.2 Å². The van der Waals surface area contributed by atoms with Gasteiger partial charge in [-0.3, -0.25) is 4.79 Å². The number of thioether (sulfide) groups is 2. The van der Waals surface area contributed by atoms with Crippen LogP contribution in [-0.2, 0) is 4.79 Å². The molecule has 1 aromatic carbocycles. The van der Waals surface area contributed by atoms with E-state index in [1.54, 1.807) is 41.7 Å². The van der Waals surface area contributed by atoms with E-state index < -0.39 is 6.04 Å². The van der Waals surface area contributed by atoms with Crippen molar-refractivity contribution in [1.29, 1.82) is 5.26 Å². The van der Waals surface area contributed by atoms with Gasteiger partial charge in [0, 0.05) is 22.8 Å². The fraction of sp³-hybridized carbons (Fsp3) is 0.385. The van der Waals surface area contributed by atoms with Crippen molar-refractivity contribution < 1.29 is 4.79 Å². The summed E-state index contributed by atoms with van der Waals surface area (Å²) >= 11 is 15.4. The average Bonchev–Trinajstić information content (AvgIpc) is 2.48. The molecule has 1 aliphatic rings. The maximum absolute atomic E-state index is 12.2. The Morgan fingerprint density at radius 1 is 1.45 bits per heavy atom. The van der Waals surface area contributed by atoms with Gasteiger partial charge in [-0.1, -0.05) is 35.3 Å². The minimum absolute atomic E-state index is 0.109. The first kappa shape index (κ1) is 15.8. The van der Waals surface area contributed by atoms with Crippen LogP contribution in [-0.4, -0.2) is 28.4 Å². The molecule has 3 nitrogen and oxygen atoms in total. The number of rotatable bonds is 3. The Labute approximate surface area is 136 Å². The molecule has 0 aliphatic carbocycles. The molecule has 2 rings (SSSR count). The monoisotopic (exact) mass is 346 g/mol. The molecule has 1 aliphatic heterocycles. The summed E-state index contributed by atoms with van der Waals surface area (Å²) < 4.78 is 0. The lowest BCUT2D eigenvalue weighted by Gasteiger charge is -2.22. The van der Waals surface area contributed by atoms with Crippen LogP contribution in [0.5, 0.6) is 0 Å². The summed E-state index contributed by atoms with van der Waals surface area (Å²) in [6, 6.07) is 6.35. The highest BCUT2D eigenvalue weighted by atomic mass is 35.5. The third-order valence-corrected chi connectivity index (χ3v) is 6.40. The molecule has 7 heteroatoms. The Balaban J connectivity index is 2.11. The molecule has 20 heavy (non-hydrogen) atoms. The minimum Gasteiger partial charge on any atom is -0.336 e. The fourth-order valence-electron chi connectivity index (χ4n) is 1.80. The van der Waals surface area contributed by atoms with Gasteiger partial charge in [0.15, 0.2) is 0 Å². The van der Waals surface area contributed by atoms with Crippen molar-refractivity contribution in [3.05, 3.63) is 33.8 Å². The van der Waals surface area contributed by atoms with Crippen molar-refractivity contribution >= 4 is 52.6 Å². The molecule has 1 amide bonds. The number of benzene rings is 1. The van der Waals surface area contributed by atoms with Gasteiger partial charge < -0.3 is 5.32 Å². The van der Waals surface area contributed by atoms with Gasteiger partial charge in [-0.2, -0.15) is 17.0 Å². The summed E-state index contributed by atoms with van der Waals surface area (Å²) in [6.45, 7) is 0. The smallest absolute Gasteiger partial charge is 0.235 e. The number of nitriles is 1. The van der Waals surface area contributed by atoms with Crippen molar-refractivity contribution in [2.24, 2.45) is 0 Å². The lowest BCUT2D eigenvalue weighted by molar-refractivity contribution is -0.120.